The van der Waals surface area contributed by atoms with E-state index >= 15 is 0 Å². The molecule has 0 saturated heterocycles. The zero-order valence-corrected chi connectivity index (χ0v) is 11.0. The van der Waals surface area contributed by atoms with E-state index in [1.807, 2.05) is 11.8 Å². The lowest BCUT2D eigenvalue weighted by Crippen LogP contribution is -2.33. The molecule has 3 N–H and O–H groups in total. The van der Waals surface area contributed by atoms with Crippen molar-refractivity contribution in [3.05, 3.63) is 23.5 Å². The van der Waals surface area contributed by atoms with Gasteiger partial charge < -0.3 is 15.7 Å². The molecule has 0 atom stereocenters. The Morgan fingerprint density at radius 2 is 2.21 bits per heavy atom. The third-order valence-corrected chi connectivity index (χ3v) is 3.78. The first kappa shape index (κ1) is 13.6. The van der Waals surface area contributed by atoms with E-state index < -0.39 is 11.8 Å². The Kier molecular flexibility index (Phi) is 3.93. The van der Waals surface area contributed by atoms with E-state index in [2.05, 4.69) is 0 Å². The molecule has 4 nitrogen and oxygen atoms in total. The number of rotatable bonds is 5. The van der Waals surface area contributed by atoms with Gasteiger partial charge in [-0.2, -0.15) is 0 Å². The van der Waals surface area contributed by atoms with Gasteiger partial charge in [-0.05, 0) is 37.8 Å². The van der Waals surface area contributed by atoms with Crippen LogP contribution in [-0.4, -0.2) is 24.2 Å². The standard InChI is InChI=1S/C14H19FN2O2/c1-2-17(8-9-4-3-5-9)13-6-10(14(18)19)12(16)7-11(13)15/h6-7,9H,2-5,8,16H2,1H3,(H,18,19). The van der Waals surface area contributed by atoms with E-state index in [4.69, 9.17) is 10.8 Å². The average molecular weight is 266 g/mol. The molecule has 2 rings (SSSR count). The fourth-order valence-electron chi connectivity index (χ4n) is 2.39. The maximum absolute atomic E-state index is 14.0. The van der Waals surface area contributed by atoms with Crippen LogP contribution in [0.1, 0.15) is 36.5 Å². The van der Waals surface area contributed by atoms with E-state index in [9.17, 15) is 9.18 Å². The van der Waals surface area contributed by atoms with Crippen LogP contribution in [0.2, 0.25) is 0 Å². The first-order valence-corrected chi connectivity index (χ1v) is 6.60. The molecule has 0 aliphatic heterocycles. The predicted octanol–water partition coefficient (Wildman–Crippen LogP) is 2.73. The molecule has 1 aliphatic rings. The second-order valence-corrected chi connectivity index (χ2v) is 5.03. The van der Waals surface area contributed by atoms with Crippen LogP contribution in [0.4, 0.5) is 15.8 Å². The van der Waals surface area contributed by atoms with Crippen molar-refractivity contribution in [3.63, 3.8) is 0 Å². The summed E-state index contributed by atoms with van der Waals surface area (Å²) < 4.78 is 14.0. The molecule has 0 bridgehead atoms. The van der Waals surface area contributed by atoms with Crippen LogP contribution in [0.3, 0.4) is 0 Å². The van der Waals surface area contributed by atoms with E-state index in [0.717, 1.165) is 12.6 Å². The number of halogens is 1. The number of carboxylic acids is 1. The summed E-state index contributed by atoms with van der Waals surface area (Å²) in [6.45, 7) is 3.36. The summed E-state index contributed by atoms with van der Waals surface area (Å²) in [6, 6.07) is 2.44. The molecule has 1 aromatic rings. The molecular formula is C14H19FN2O2. The number of aromatic carboxylic acids is 1. The number of nitrogen functional groups attached to an aromatic ring is 1. The van der Waals surface area contributed by atoms with Crippen molar-refractivity contribution in [1.29, 1.82) is 0 Å². The quantitative estimate of drug-likeness (QED) is 0.804. The molecule has 1 aromatic carbocycles. The van der Waals surface area contributed by atoms with Gasteiger partial charge in [0.1, 0.15) is 5.82 Å². The molecule has 19 heavy (non-hydrogen) atoms. The average Bonchev–Trinajstić information content (AvgIpc) is 2.29. The van der Waals surface area contributed by atoms with Crippen molar-refractivity contribution < 1.29 is 14.3 Å². The summed E-state index contributed by atoms with van der Waals surface area (Å²) in [5.74, 6) is -0.993. The predicted molar refractivity (Wildman–Crippen MR) is 73.0 cm³/mol. The SMILES string of the molecule is CCN(CC1CCC1)c1cc(C(=O)O)c(N)cc1F. The lowest BCUT2D eigenvalue weighted by atomic mass is 9.85. The van der Waals surface area contributed by atoms with E-state index in [-0.39, 0.29) is 11.3 Å². The summed E-state index contributed by atoms with van der Waals surface area (Å²) in [6.07, 6.45) is 3.56. The van der Waals surface area contributed by atoms with Gasteiger partial charge >= 0.3 is 5.97 Å². The summed E-state index contributed by atoms with van der Waals surface area (Å²) in [4.78, 5) is 13.0. The Balaban J connectivity index is 2.29. The van der Waals surface area contributed by atoms with E-state index in [0.29, 0.717) is 18.2 Å². The van der Waals surface area contributed by atoms with Crippen LogP contribution in [0, 0.1) is 11.7 Å². The maximum atomic E-state index is 14.0. The molecule has 0 unspecified atom stereocenters. The highest BCUT2D eigenvalue weighted by Crippen LogP contribution is 2.31. The topological polar surface area (TPSA) is 66.6 Å². The Bertz CT molecular complexity index is 487. The highest BCUT2D eigenvalue weighted by molar-refractivity contribution is 5.95. The van der Waals surface area contributed by atoms with Crippen molar-refractivity contribution in [2.45, 2.75) is 26.2 Å². The van der Waals surface area contributed by atoms with Crippen molar-refractivity contribution in [2.24, 2.45) is 5.92 Å². The Labute approximate surface area is 112 Å². The van der Waals surface area contributed by atoms with E-state index in [1.165, 1.54) is 25.3 Å². The van der Waals surface area contributed by atoms with Crippen molar-refractivity contribution in [3.8, 4) is 0 Å². The number of carbonyl (C=O) groups is 1. The van der Waals surface area contributed by atoms with Gasteiger partial charge in [-0.15, -0.1) is 0 Å². The van der Waals surface area contributed by atoms with Gasteiger partial charge in [0.25, 0.3) is 0 Å². The molecule has 0 radical (unpaired) electrons. The van der Waals surface area contributed by atoms with Gasteiger partial charge in [0, 0.05) is 18.8 Å². The lowest BCUT2D eigenvalue weighted by Gasteiger charge is -2.33. The van der Waals surface area contributed by atoms with E-state index in [1.54, 1.807) is 0 Å². The van der Waals surface area contributed by atoms with Crippen molar-refractivity contribution >= 4 is 17.3 Å². The number of nitrogens with zero attached hydrogens (tertiary/aromatic N) is 1. The smallest absolute Gasteiger partial charge is 0.337 e. The molecule has 5 heteroatoms. The van der Waals surface area contributed by atoms with Crippen LogP contribution >= 0.6 is 0 Å². The van der Waals surface area contributed by atoms with Gasteiger partial charge in [-0.3, -0.25) is 0 Å². The molecule has 1 aliphatic carbocycles. The largest absolute Gasteiger partial charge is 0.478 e. The fourth-order valence-corrected chi connectivity index (χ4v) is 2.39. The zero-order valence-electron chi connectivity index (χ0n) is 11.0. The monoisotopic (exact) mass is 266 g/mol. The van der Waals surface area contributed by atoms with Gasteiger partial charge in [0.15, 0.2) is 0 Å². The number of benzene rings is 1. The maximum Gasteiger partial charge on any atom is 0.337 e. The number of nitrogens with two attached hydrogens (primary N) is 1. The Hall–Kier alpha value is -1.78. The molecule has 1 saturated carbocycles. The minimum Gasteiger partial charge on any atom is -0.478 e. The van der Waals surface area contributed by atoms with Gasteiger partial charge in [-0.1, -0.05) is 6.42 Å². The van der Waals surface area contributed by atoms with Crippen molar-refractivity contribution in [2.75, 3.05) is 23.7 Å². The number of carboxylic acid groups (broad SMARTS) is 1. The minimum atomic E-state index is -1.13. The summed E-state index contributed by atoms with van der Waals surface area (Å²) in [5, 5.41) is 9.05. The summed E-state index contributed by atoms with van der Waals surface area (Å²) in [7, 11) is 0. The van der Waals surface area contributed by atoms with Crippen LogP contribution in [0.25, 0.3) is 0 Å². The molecule has 0 heterocycles. The lowest BCUT2D eigenvalue weighted by molar-refractivity contribution is 0.0698. The zero-order chi connectivity index (χ0) is 14.0. The van der Waals surface area contributed by atoms with Crippen LogP contribution in [-0.2, 0) is 0 Å². The first-order chi connectivity index (χ1) is 9.02. The fraction of sp³-hybridized carbons (Fsp3) is 0.500. The van der Waals surface area contributed by atoms with Crippen LogP contribution < -0.4 is 10.6 Å². The Morgan fingerprint density at radius 1 is 1.53 bits per heavy atom. The molecule has 0 spiro atoms. The van der Waals surface area contributed by atoms with Crippen LogP contribution in [0.5, 0.6) is 0 Å². The molecule has 0 amide bonds. The number of hydrogen-bond acceptors (Lipinski definition) is 3. The molecule has 104 valence electrons. The second kappa shape index (κ2) is 5.47. The summed E-state index contributed by atoms with van der Waals surface area (Å²) in [5.41, 5.74) is 5.79. The molecule has 0 aromatic heterocycles. The third kappa shape index (κ3) is 2.80. The highest BCUT2D eigenvalue weighted by Gasteiger charge is 2.23. The minimum absolute atomic E-state index is 0.0338. The first-order valence-electron chi connectivity index (χ1n) is 6.60. The Morgan fingerprint density at radius 3 is 2.68 bits per heavy atom. The second-order valence-electron chi connectivity index (χ2n) is 5.03. The molecule has 1 fully saturated rings. The van der Waals surface area contributed by atoms with Gasteiger partial charge in [0.05, 0.1) is 11.3 Å². The van der Waals surface area contributed by atoms with Crippen molar-refractivity contribution in [1.82, 2.24) is 0 Å². The number of hydrogen-bond donors (Lipinski definition) is 2. The van der Waals surface area contributed by atoms with Gasteiger partial charge in [-0.25, -0.2) is 9.18 Å². The molecular weight excluding hydrogens is 247 g/mol. The number of anilines is 2. The van der Waals surface area contributed by atoms with Gasteiger partial charge in [0.2, 0.25) is 0 Å². The van der Waals surface area contributed by atoms with Crippen LogP contribution in [0.15, 0.2) is 12.1 Å². The highest BCUT2D eigenvalue weighted by atomic mass is 19.1. The normalized spacial score (nSPS) is 15.1. The third-order valence-electron chi connectivity index (χ3n) is 3.78. The summed E-state index contributed by atoms with van der Waals surface area (Å²) >= 11 is 0.